The Morgan fingerprint density at radius 3 is 2.33 bits per heavy atom. The summed E-state index contributed by atoms with van der Waals surface area (Å²) in [5.41, 5.74) is 0.424. The lowest BCUT2D eigenvalue weighted by molar-refractivity contribution is -0.140. The molecule has 1 aromatic rings. The van der Waals surface area contributed by atoms with E-state index in [1.165, 1.54) is 0 Å². The van der Waals surface area contributed by atoms with Crippen LogP contribution in [0, 0.1) is 5.92 Å². The molecule has 0 bridgehead atoms. The third kappa shape index (κ3) is 5.10. The summed E-state index contributed by atoms with van der Waals surface area (Å²) in [6, 6.07) is 5.82. The molecule has 0 fully saturated rings. The Balaban J connectivity index is 2.71. The molecule has 5 nitrogen and oxygen atoms in total. The Morgan fingerprint density at radius 2 is 1.86 bits per heavy atom. The molecule has 0 aliphatic heterocycles. The van der Waals surface area contributed by atoms with Gasteiger partial charge in [-0.15, -0.1) is 0 Å². The maximum Gasteiger partial charge on any atom is 0.326 e. The van der Waals surface area contributed by atoms with Gasteiger partial charge in [0.15, 0.2) is 0 Å². The predicted molar refractivity (Wildman–Crippen MR) is 80.6 cm³/mol. The van der Waals surface area contributed by atoms with Crippen LogP contribution in [-0.2, 0) is 4.79 Å². The molecular formula is C16H23NO4. The minimum absolute atomic E-state index is 0.126. The Bertz CT molecular complexity index is 470. The van der Waals surface area contributed by atoms with Crippen molar-refractivity contribution < 1.29 is 19.4 Å². The molecule has 2 N–H and O–H groups in total. The van der Waals surface area contributed by atoms with E-state index in [4.69, 9.17) is 4.74 Å². The smallest absolute Gasteiger partial charge is 0.326 e. The molecule has 0 radical (unpaired) electrons. The number of carboxylic acid groups (broad SMARTS) is 1. The third-order valence-corrected chi connectivity index (χ3v) is 3.35. The number of carbonyl (C=O) groups is 2. The Labute approximate surface area is 125 Å². The molecule has 0 heterocycles. The van der Waals surface area contributed by atoms with Gasteiger partial charge in [-0.2, -0.15) is 0 Å². The van der Waals surface area contributed by atoms with Gasteiger partial charge < -0.3 is 15.2 Å². The summed E-state index contributed by atoms with van der Waals surface area (Å²) in [4.78, 5) is 23.3. The molecule has 0 spiro atoms. The summed E-state index contributed by atoms with van der Waals surface area (Å²) in [5.74, 6) is -0.825. The molecule has 1 amide bonds. The van der Waals surface area contributed by atoms with Crippen molar-refractivity contribution in [3.05, 3.63) is 29.8 Å². The van der Waals surface area contributed by atoms with Crippen LogP contribution < -0.4 is 10.1 Å². The van der Waals surface area contributed by atoms with Crippen LogP contribution in [0.2, 0.25) is 0 Å². The number of carboxylic acids is 1. The normalized spacial score (nSPS) is 13.3. The Morgan fingerprint density at radius 1 is 1.24 bits per heavy atom. The SMILES string of the molecule is CCCOc1ccc(C(=O)N[C@H](C(=O)O)[C@@H](C)CC)cc1. The maximum absolute atomic E-state index is 12.1. The van der Waals surface area contributed by atoms with Crippen LogP contribution >= 0.6 is 0 Å². The van der Waals surface area contributed by atoms with Gasteiger partial charge in [0.1, 0.15) is 11.8 Å². The molecule has 0 aliphatic carbocycles. The number of hydrogen-bond acceptors (Lipinski definition) is 3. The summed E-state index contributed by atoms with van der Waals surface area (Å²) in [5, 5.41) is 11.7. The largest absolute Gasteiger partial charge is 0.494 e. The van der Waals surface area contributed by atoms with Crippen molar-refractivity contribution in [1.29, 1.82) is 0 Å². The van der Waals surface area contributed by atoms with Gasteiger partial charge in [0.25, 0.3) is 5.91 Å². The highest BCUT2D eigenvalue weighted by molar-refractivity contribution is 5.96. The van der Waals surface area contributed by atoms with Crippen LogP contribution in [0.5, 0.6) is 5.75 Å². The highest BCUT2D eigenvalue weighted by Crippen LogP contribution is 2.14. The van der Waals surface area contributed by atoms with Crippen molar-refractivity contribution in [1.82, 2.24) is 5.32 Å². The first kappa shape index (κ1) is 17.0. The number of benzene rings is 1. The lowest BCUT2D eigenvalue weighted by Crippen LogP contribution is -2.45. The molecule has 116 valence electrons. The van der Waals surface area contributed by atoms with Crippen molar-refractivity contribution >= 4 is 11.9 Å². The fourth-order valence-corrected chi connectivity index (χ4v) is 1.83. The molecule has 0 aromatic heterocycles. The van der Waals surface area contributed by atoms with Crippen LogP contribution in [0.15, 0.2) is 24.3 Å². The molecular weight excluding hydrogens is 270 g/mol. The van der Waals surface area contributed by atoms with Crippen LogP contribution in [0.4, 0.5) is 0 Å². The second-order valence-electron chi connectivity index (χ2n) is 5.05. The number of nitrogens with one attached hydrogen (secondary N) is 1. The summed E-state index contributed by atoms with van der Waals surface area (Å²) < 4.78 is 5.44. The average molecular weight is 293 g/mol. The van der Waals surface area contributed by atoms with Gasteiger partial charge in [-0.05, 0) is 36.6 Å². The fraction of sp³-hybridized carbons (Fsp3) is 0.500. The zero-order valence-electron chi connectivity index (χ0n) is 12.8. The van der Waals surface area contributed by atoms with Gasteiger partial charge in [-0.25, -0.2) is 4.79 Å². The summed E-state index contributed by atoms with van der Waals surface area (Å²) in [7, 11) is 0. The predicted octanol–water partition coefficient (Wildman–Crippen LogP) is 2.70. The Kier molecular flexibility index (Phi) is 6.72. The lowest BCUT2D eigenvalue weighted by Gasteiger charge is -2.20. The van der Waals surface area contributed by atoms with Gasteiger partial charge in [0, 0.05) is 5.56 Å². The number of carbonyl (C=O) groups excluding carboxylic acids is 1. The highest BCUT2D eigenvalue weighted by atomic mass is 16.5. The van der Waals surface area contributed by atoms with Gasteiger partial charge in [-0.1, -0.05) is 27.2 Å². The number of rotatable bonds is 8. The third-order valence-electron chi connectivity index (χ3n) is 3.35. The van der Waals surface area contributed by atoms with Crippen LogP contribution in [0.1, 0.15) is 44.0 Å². The number of aliphatic carboxylic acids is 1. The van der Waals surface area contributed by atoms with Gasteiger partial charge in [-0.3, -0.25) is 4.79 Å². The lowest BCUT2D eigenvalue weighted by atomic mass is 9.99. The molecule has 0 aliphatic rings. The molecule has 1 aromatic carbocycles. The van der Waals surface area contributed by atoms with Crippen molar-refractivity contribution in [3.63, 3.8) is 0 Å². The molecule has 2 atom stereocenters. The van der Waals surface area contributed by atoms with E-state index in [2.05, 4.69) is 5.32 Å². The maximum atomic E-state index is 12.1. The first-order valence-electron chi connectivity index (χ1n) is 7.26. The molecule has 0 saturated carbocycles. The quantitative estimate of drug-likeness (QED) is 0.772. The van der Waals surface area contributed by atoms with Gasteiger partial charge in [0.2, 0.25) is 0 Å². The molecule has 0 unspecified atom stereocenters. The number of amides is 1. The topological polar surface area (TPSA) is 75.6 Å². The fourth-order valence-electron chi connectivity index (χ4n) is 1.83. The first-order chi connectivity index (χ1) is 9.99. The van der Waals surface area contributed by atoms with Gasteiger partial charge >= 0.3 is 5.97 Å². The van der Waals surface area contributed by atoms with E-state index in [0.29, 0.717) is 24.3 Å². The first-order valence-corrected chi connectivity index (χ1v) is 7.26. The van der Waals surface area contributed by atoms with Crippen molar-refractivity contribution in [2.45, 2.75) is 39.7 Å². The van der Waals surface area contributed by atoms with E-state index in [1.807, 2.05) is 13.8 Å². The van der Waals surface area contributed by atoms with E-state index in [1.54, 1.807) is 31.2 Å². The molecule has 0 saturated heterocycles. The monoisotopic (exact) mass is 293 g/mol. The molecule has 1 rings (SSSR count). The van der Waals surface area contributed by atoms with Crippen molar-refractivity contribution in [2.24, 2.45) is 5.92 Å². The van der Waals surface area contributed by atoms with E-state index in [-0.39, 0.29) is 11.8 Å². The van der Waals surface area contributed by atoms with Gasteiger partial charge in [0.05, 0.1) is 6.61 Å². The number of hydrogen-bond donors (Lipinski definition) is 2. The molecule has 21 heavy (non-hydrogen) atoms. The standard InChI is InChI=1S/C16H23NO4/c1-4-10-21-13-8-6-12(7-9-13)15(18)17-14(16(19)20)11(3)5-2/h6-9,11,14H,4-5,10H2,1-3H3,(H,17,18)(H,19,20)/t11-,14-/m0/s1. The highest BCUT2D eigenvalue weighted by Gasteiger charge is 2.25. The number of ether oxygens (including phenoxy) is 1. The second-order valence-corrected chi connectivity index (χ2v) is 5.05. The van der Waals surface area contributed by atoms with E-state index < -0.39 is 12.0 Å². The zero-order chi connectivity index (χ0) is 15.8. The summed E-state index contributed by atoms with van der Waals surface area (Å²) in [6.07, 6.45) is 1.60. The van der Waals surface area contributed by atoms with Crippen LogP contribution in [0.25, 0.3) is 0 Å². The zero-order valence-corrected chi connectivity index (χ0v) is 12.8. The van der Waals surface area contributed by atoms with Crippen LogP contribution in [0.3, 0.4) is 0 Å². The summed E-state index contributed by atoms with van der Waals surface area (Å²) >= 11 is 0. The summed E-state index contributed by atoms with van der Waals surface area (Å²) in [6.45, 7) is 6.34. The average Bonchev–Trinajstić information content (AvgIpc) is 2.49. The Hall–Kier alpha value is -2.04. The van der Waals surface area contributed by atoms with Crippen molar-refractivity contribution in [3.8, 4) is 5.75 Å². The van der Waals surface area contributed by atoms with E-state index in [0.717, 1.165) is 6.42 Å². The molecule has 5 heteroatoms. The minimum Gasteiger partial charge on any atom is -0.494 e. The second kappa shape index (κ2) is 8.29. The minimum atomic E-state index is -1.01. The van der Waals surface area contributed by atoms with E-state index in [9.17, 15) is 14.7 Å². The van der Waals surface area contributed by atoms with Crippen LogP contribution in [-0.4, -0.2) is 29.6 Å². The van der Waals surface area contributed by atoms with E-state index >= 15 is 0 Å². The van der Waals surface area contributed by atoms with Crippen molar-refractivity contribution in [2.75, 3.05) is 6.61 Å².